The Labute approximate surface area is 147 Å². The number of halogens is 2. The first kappa shape index (κ1) is 13.9. The second-order valence-corrected chi connectivity index (χ2v) is 8.71. The van der Waals surface area contributed by atoms with Gasteiger partial charge in [0.05, 0.1) is 0 Å². The van der Waals surface area contributed by atoms with E-state index in [4.69, 9.17) is 0 Å². The van der Waals surface area contributed by atoms with Gasteiger partial charge in [0, 0.05) is 45.3 Å². The summed E-state index contributed by atoms with van der Waals surface area (Å²) in [6.07, 6.45) is 0.972. The van der Waals surface area contributed by atoms with E-state index in [1.807, 2.05) is 22.7 Å². The van der Waals surface area contributed by atoms with Gasteiger partial charge in [0.25, 0.3) is 0 Å². The smallest absolute Gasteiger partial charge is 0.0396 e. The molecule has 0 aliphatic rings. The Morgan fingerprint density at radius 2 is 1.10 bits per heavy atom. The average molecular weight is 438 g/mol. The maximum atomic E-state index is 3.78. The maximum absolute atomic E-state index is 3.78. The number of rotatable bonds is 2. The Kier molecular flexibility index (Phi) is 3.66. The number of fused-ring (bicyclic) bond motifs is 2. The number of benzene rings is 2. The van der Waals surface area contributed by atoms with Crippen LogP contribution in [0.4, 0.5) is 0 Å². The molecule has 0 bridgehead atoms. The van der Waals surface area contributed by atoms with E-state index in [1.54, 1.807) is 0 Å². The molecular formula is C17H10Br2S2. The third-order valence-electron chi connectivity index (χ3n) is 3.52. The highest BCUT2D eigenvalue weighted by Gasteiger charge is 2.14. The van der Waals surface area contributed by atoms with Crippen LogP contribution in [0.3, 0.4) is 0 Å². The molecular weight excluding hydrogens is 428 g/mol. The van der Waals surface area contributed by atoms with E-state index in [2.05, 4.69) is 80.4 Å². The van der Waals surface area contributed by atoms with Gasteiger partial charge < -0.3 is 0 Å². The molecule has 4 aromatic rings. The molecule has 0 atom stereocenters. The fraction of sp³-hybridized carbons (Fsp3) is 0.0588. The van der Waals surface area contributed by atoms with Crippen molar-refractivity contribution in [2.75, 3.05) is 0 Å². The van der Waals surface area contributed by atoms with Crippen molar-refractivity contribution in [3.63, 3.8) is 0 Å². The largest absolute Gasteiger partial charge is 0.139 e. The predicted octanol–water partition coefficient (Wildman–Crippen LogP) is 7.23. The summed E-state index contributed by atoms with van der Waals surface area (Å²) in [6, 6.07) is 17.1. The summed E-state index contributed by atoms with van der Waals surface area (Å²) in [7, 11) is 0. The lowest BCUT2D eigenvalue weighted by Gasteiger charge is -1.97. The summed E-state index contributed by atoms with van der Waals surface area (Å²) in [5, 5.41) is 2.63. The van der Waals surface area contributed by atoms with Crippen LogP contribution in [0.5, 0.6) is 0 Å². The number of hydrogen-bond donors (Lipinski definition) is 0. The van der Waals surface area contributed by atoms with Crippen LogP contribution < -0.4 is 0 Å². The summed E-state index contributed by atoms with van der Waals surface area (Å²) >= 11 is 11.3. The van der Waals surface area contributed by atoms with E-state index in [0.717, 1.165) is 6.42 Å². The van der Waals surface area contributed by atoms with Crippen molar-refractivity contribution in [2.24, 2.45) is 0 Å². The molecule has 0 amide bonds. The average Bonchev–Trinajstić information content (AvgIpc) is 2.99. The topological polar surface area (TPSA) is 0 Å². The Bertz CT molecular complexity index is 872. The zero-order chi connectivity index (χ0) is 14.4. The molecule has 0 spiro atoms. The summed E-state index contributed by atoms with van der Waals surface area (Å²) < 4.78 is 5.17. The molecule has 0 N–H and O–H groups in total. The van der Waals surface area contributed by atoms with Gasteiger partial charge in [-0.25, -0.2) is 0 Å². The summed E-state index contributed by atoms with van der Waals surface area (Å²) in [4.78, 5) is 2.78. The molecule has 0 radical (unpaired) electrons. The van der Waals surface area contributed by atoms with Crippen LogP contribution in [0.2, 0.25) is 0 Å². The highest BCUT2D eigenvalue weighted by molar-refractivity contribution is 9.11. The molecule has 4 heteroatoms. The molecule has 0 saturated heterocycles. The highest BCUT2D eigenvalue weighted by atomic mass is 79.9. The van der Waals surface area contributed by atoms with Gasteiger partial charge in [-0.05, 0) is 44.0 Å². The Balaban J connectivity index is 1.83. The minimum atomic E-state index is 0.972. The van der Waals surface area contributed by atoms with E-state index < -0.39 is 0 Å². The Hall–Kier alpha value is -0.680. The van der Waals surface area contributed by atoms with E-state index in [9.17, 15) is 0 Å². The summed E-state index contributed by atoms with van der Waals surface area (Å²) in [6.45, 7) is 0. The molecule has 2 aromatic carbocycles. The van der Waals surface area contributed by atoms with Crippen molar-refractivity contribution in [2.45, 2.75) is 6.42 Å². The lowest BCUT2D eigenvalue weighted by atomic mass is 10.2. The van der Waals surface area contributed by atoms with Gasteiger partial charge >= 0.3 is 0 Å². The molecule has 104 valence electrons. The standard InChI is InChI=1S/C17H10Br2S2/c18-16-10-5-1-3-7-12(10)20-14(16)9-15-17(19)11-6-2-4-8-13(11)21-15/h1-8H,9H2. The molecule has 0 saturated carbocycles. The van der Waals surface area contributed by atoms with Gasteiger partial charge in [-0.3, -0.25) is 0 Å². The molecule has 0 unspecified atom stereocenters. The Morgan fingerprint density at radius 3 is 1.52 bits per heavy atom. The zero-order valence-corrected chi connectivity index (χ0v) is 15.7. The lowest BCUT2D eigenvalue weighted by Crippen LogP contribution is -1.81. The molecule has 21 heavy (non-hydrogen) atoms. The first-order valence-electron chi connectivity index (χ1n) is 6.56. The van der Waals surface area contributed by atoms with Crippen LogP contribution in [0, 0.1) is 0 Å². The molecule has 2 aromatic heterocycles. The molecule has 4 rings (SSSR count). The van der Waals surface area contributed by atoms with Gasteiger partial charge in [-0.2, -0.15) is 0 Å². The van der Waals surface area contributed by atoms with Crippen LogP contribution in [0.25, 0.3) is 20.2 Å². The predicted molar refractivity (Wildman–Crippen MR) is 102 cm³/mol. The van der Waals surface area contributed by atoms with Gasteiger partial charge in [0.2, 0.25) is 0 Å². The van der Waals surface area contributed by atoms with Crippen molar-refractivity contribution in [1.82, 2.24) is 0 Å². The van der Waals surface area contributed by atoms with Crippen LogP contribution in [-0.4, -0.2) is 0 Å². The fourth-order valence-corrected chi connectivity index (χ4v) is 6.53. The second-order valence-electron chi connectivity index (χ2n) is 4.85. The quantitative estimate of drug-likeness (QED) is 0.310. The molecule has 2 heterocycles. The molecule has 0 nitrogen and oxygen atoms in total. The first-order valence-corrected chi connectivity index (χ1v) is 9.78. The van der Waals surface area contributed by atoms with Crippen molar-refractivity contribution in [1.29, 1.82) is 0 Å². The van der Waals surface area contributed by atoms with Crippen LogP contribution >= 0.6 is 54.5 Å². The zero-order valence-electron chi connectivity index (χ0n) is 10.9. The molecule has 0 aliphatic carbocycles. The monoisotopic (exact) mass is 436 g/mol. The maximum Gasteiger partial charge on any atom is 0.0396 e. The van der Waals surface area contributed by atoms with E-state index in [1.165, 1.54) is 38.9 Å². The Morgan fingerprint density at radius 1 is 0.667 bits per heavy atom. The highest BCUT2D eigenvalue weighted by Crippen LogP contribution is 2.41. The number of thiophene rings is 2. The van der Waals surface area contributed by atoms with E-state index >= 15 is 0 Å². The minimum Gasteiger partial charge on any atom is -0.139 e. The fourth-order valence-electron chi connectivity index (χ4n) is 2.50. The van der Waals surface area contributed by atoms with E-state index in [-0.39, 0.29) is 0 Å². The van der Waals surface area contributed by atoms with Crippen LogP contribution in [0.1, 0.15) is 9.75 Å². The third-order valence-corrected chi connectivity index (χ3v) is 8.20. The van der Waals surface area contributed by atoms with Crippen LogP contribution in [-0.2, 0) is 6.42 Å². The lowest BCUT2D eigenvalue weighted by molar-refractivity contribution is 1.29. The van der Waals surface area contributed by atoms with Crippen molar-refractivity contribution >= 4 is 74.7 Å². The van der Waals surface area contributed by atoms with Gasteiger partial charge in [0.1, 0.15) is 0 Å². The third kappa shape index (κ3) is 2.38. The van der Waals surface area contributed by atoms with E-state index in [0.29, 0.717) is 0 Å². The SMILES string of the molecule is Brc1c(Cc2sc3ccccc3c2Br)sc2ccccc12. The van der Waals surface area contributed by atoms with Crippen molar-refractivity contribution < 1.29 is 0 Å². The van der Waals surface area contributed by atoms with Gasteiger partial charge in [-0.15, -0.1) is 22.7 Å². The van der Waals surface area contributed by atoms with Crippen molar-refractivity contribution in [3.05, 3.63) is 67.2 Å². The van der Waals surface area contributed by atoms with Gasteiger partial charge in [-0.1, -0.05) is 36.4 Å². The second kappa shape index (κ2) is 5.51. The molecule has 0 fully saturated rings. The minimum absolute atomic E-state index is 0.972. The molecule has 0 aliphatic heterocycles. The van der Waals surface area contributed by atoms with Gasteiger partial charge in [0.15, 0.2) is 0 Å². The van der Waals surface area contributed by atoms with Crippen molar-refractivity contribution in [3.8, 4) is 0 Å². The van der Waals surface area contributed by atoms with Crippen LogP contribution in [0.15, 0.2) is 57.5 Å². The summed E-state index contributed by atoms with van der Waals surface area (Å²) in [5.74, 6) is 0. The number of hydrogen-bond acceptors (Lipinski definition) is 2. The normalized spacial score (nSPS) is 11.5. The summed E-state index contributed by atoms with van der Waals surface area (Å²) in [5.41, 5.74) is 0. The first-order chi connectivity index (χ1) is 10.2.